The Morgan fingerprint density at radius 2 is 2.25 bits per heavy atom. The number of carbonyl (C=O) groups is 1. The van der Waals surface area contributed by atoms with Gasteiger partial charge in [0.1, 0.15) is 11.0 Å². The van der Waals surface area contributed by atoms with E-state index in [9.17, 15) is 4.79 Å². The molecule has 0 fully saturated rings. The predicted octanol–water partition coefficient (Wildman–Crippen LogP) is 1.91. The molecule has 3 rings (SSSR count). The van der Waals surface area contributed by atoms with Crippen molar-refractivity contribution >= 4 is 34.0 Å². The third kappa shape index (κ3) is 2.53. The van der Waals surface area contributed by atoms with Crippen LogP contribution in [-0.4, -0.2) is 25.9 Å². The predicted molar refractivity (Wildman–Crippen MR) is 77.7 cm³/mol. The third-order valence-corrected chi connectivity index (χ3v) is 3.62. The van der Waals surface area contributed by atoms with Crippen molar-refractivity contribution in [3.8, 4) is 0 Å². The van der Waals surface area contributed by atoms with Gasteiger partial charge < -0.3 is 5.32 Å². The molecule has 6 nitrogen and oxygen atoms in total. The summed E-state index contributed by atoms with van der Waals surface area (Å²) in [6.45, 7) is 1.92. The summed E-state index contributed by atoms with van der Waals surface area (Å²) in [6.07, 6.45) is 0.265. The molecule has 2 aromatic heterocycles. The SMILES string of the molecule is Cc1nc(CC(=O)Nc2cccc3nn(C)nc23)cs1. The van der Waals surface area contributed by atoms with Crippen LogP contribution in [0, 0.1) is 6.92 Å². The lowest BCUT2D eigenvalue weighted by molar-refractivity contribution is -0.115. The molecular weight excluding hydrogens is 274 g/mol. The van der Waals surface area contributed by atoms with Gasteiger partial charge in [0.25, 0.3) is 0 Å². The third-order valence-electron chi connectivity index (χ3n) is 2.79. The highest BCUT2D eigenvalue weighted by Crippen LogP contribution is 2.19. The topological polar surface area (TPSA) is 72.7 Å². The first kappa shape index (κ1) is 12.7. The summed E-state index contributed by atoms with van der Waals surface area (Å²) in [4.78, 5) is 17.8. The van der Waals surface area contributed by atoms with Crippen molar-refractivity contribution < 1.29 is 4.79 Å². The van der Waals surface area contributed by atoms with Gasteiger partial charge in [0.2, 0.25) is 5.91 Å². The van der Waals surface area contributed by atoms with Crippen LogP contribution in [0.25, 0.3) is 11.0 Å². The minimum absolute atomic E-state index is 0.103. The van der Waals surface area contributed by atoms with Gasteiger partial charge in [0, 0.05) is 12.4 Å². The van der Waals surface area contributed by atoms with Crippen LogP contribution < -0.4 is 5.32 Å². The Labute approximate surface area is 119 Å². The summed E-state index contributed by atoms with van der Waals surface area (Å²) >= 11 is 1.54. The maximum Gasteiger partial charge on any atom is 0.230 e. The van der Waals surface area contributed by atoms with E-state index in [1.54, 1.807) is 18.4 Å². The minimum Gasteiger partial charge on any atom is -0.324 e. The molecule has 0 spiro atoms. The van der Waals surface area contributed by atoms with E-state index in [0.29, 0.717) is 11.2 Å². The summed E-state index contributed by atoms with van der Waals surface area (Å²) in [5.41, 5.74) is 2.91. The Morgan fingerprint density at radius 3 is 3.00 bits per heavy atom. The second-order valence-electron chi connectivity index (χ2n) is 4.45. The highest BCUT2D eigenvalue weighted by molar-refractivity contribution is 7.09. The Hall–Kier alpha value is -2.28. The first-order valence-electron chi connectivity index (χ1n) is 6.13. The van der Waals surface area contributed by atoms with Crippen LogP contribution in [0.5, 0.6) is 0 Å². The number of benzene rings is 1. The van der Waals surface area contributed by atoms with Gasteiger partial charge in [0.05, 0.1) is 22.8 Å². The molecule has 7 heteroatoms. The molecule has 1 aromatic carbocycles. The van der Waals surface area contributed by atoms with Crippen molar-refractivity contribution in [3.63, 3.8) is 0 Å². The number of aryl methyl sites for hydroxylation is 2. The molecule has 0 aliphatic heterocycles. The molecule has 1 amide bonds. The van der Waals surface area contributed by atoms with E-state index in [0.717, 1.165) is 16.2 Å². The standard InChI is InChI=1S/C13H13N5OS/c1-8-14-9(7-20-8)6-12(19)15-10-4-3-5-11-13(10)17-18(2)16-11/h3-5,7H,6H2,1-2H3,(H,15,19). The number of aromatic nitrogens is 4. The number of nitrogens with zero attached hydrogens (tertiary/aromatic N) is 4. The van der Waals surface area contributed by atoms with E-state index in [2.05, 4.69) is 20.5 Å². The highest BCUT2D eigenvalue weighted by atomic mass is 32.1. The lowest BCUT2D eigenvalue weighted by Gasteiger charge is -2.03. The second-order valence-corrected chi connectivity index (χ2v) is 5.51. The van der Waals surface area contributed by atoms with Crippen LogP contribution in [0.15, 0.2) is 23.6 Å². The summed E-state index contributed by atoms with van der Waals surface area (Å²) < 4.78 is 0. The molecule has 0 unspecified atom stereocenters. The van der Waals surface area contributed by atoms with E-state index in [-0.39, 0.29) is 12.3 Å². The average Bonchev–Trinajstić information content (AvgIpc) is 2.95. The number of anilines is 1. The zero-order chi connectivity index (χ0) is 14.1. The van der Waals surface area contributed by atoms with Crippen LogP contribution in [0.1, 0.15) is 10.7 Å². The Kier molecular flexibility index (Phi) is 3.19. The van der Waals surface area contributed by atoms with Gasteiger partial charge in [-0.15, -0.1) is 11.3 Å². The number of nitrogens with one attached hydrogen (secondary N) is 1. The summed E-state index contributed by atoms with van der Waals surface area (Å²) in [7, 11) is 1.75. The number of carbonyl (C=O) groups excluding carboxylic acids is 1. The van der Waals surface area contributed by atoms with E-state index in [1.807, 2.05) is 30.5 Å². The number of thiazole rings is 1. The van der Waals surface area contributed by atoms with Gasteiger partial charge in [-0.25, -0.2) is 4.98 Å². The second kappa shape index (κ2) is 5.01. The van der Waals surface area contributed by atoms with Crippen molar-refractivity contribution in [2.45, 2.75) is 13.3 Å². The molecule has 102 valence electrons. The molecule has 0 radical (unpaired) electrons. The fraction of sp³-hybridized carbons (Fsp3) is 0.231. The van der Waals surface area contributed by atoms with Gasteiger partial charge in [-0.1, -0.05) is 6.07 Å². The average molecular weight is 287 g/mol. The minimum atomic E-state index is -0.103. The number of amides is 1. The fourth-order valence-electron chi connectivity index (χ4n) is 1.99. The van der Waals surface area contributed by atoms with Crippen molar-refractivity contribution in [1.29, 1.82) is 0 Å². The fourth-order valence-corrected chi connectivity index (χ4v) is 2.60. The first-order chi connectivity index (χ1) is 9.61. The number of rotatable bonds is 3. The molecule has 0 aliphatic rings. The van der Waals surface area contributed by atoms with Gasteiger partial charge in [-0.2, -0.15) is 15.0 Å². The smallest absolute Gasteiger partial charge is 0.230 e. The van der Waals surface area contributed by atoms with Crippen LogP contribution in [0.4, 0.5) is 5.69 Å². The molecule has 0 aliphatic carbocycles. The summed E-state index contributed by atoms with van der Waals surface area (Å²) in [5, 5.41) is 14.2. The lowest BCUT2D eigenvalue weighted by atomic mass is 10.2. The van der Waals surface area contributed by atoms with Crippen molar-refractivity contribution in [3.05, 3.63) is 34.3 Å². The molecule has 0 saturated heterocycles. The van der Waals surface area contributed by atoms with Gasteiger partial charge in [0.15, 0.2) is 0 Å². The maximum atomic E-state index is 12.0. The highest BCUT2D eigenvalue weighted by Gasteiger charge is 2.11. The Morgan fingerprint density at radius 1 is 1.40 bits per heavy atom. The zero-order valence-corrected chi connectivity index (χ0v) is 11.9. The Balaban J connectivity index is 1.80. The maximum absolute atomic E-state index is 12.0. The molecular formula is C13H13N5OS. The monoisotopic (exact) mass is 287 g/mol. The molecule has 1 N–H and O–H groups in total. The summed E-state index contributed by atoms with van der Waals surface area (Å²) in [5.74, 6) is -0.103. The molecule has 2 heterocycles. The van der Waals surface area contributed by atoms with Crippen molar-refractivity contribution in [1.82, 2.24) is 20.0 Å². The molecule has 20 heavy (non-hydrogen) atoms. The van der Waals surface area contributed by atoms with Gasteiger partial charge >= 0.3 is 0 Å². The zero-order valence-electron chi connectivity index (χ0n) is 11.1. The largest absolute Gasteiger partial charge is 0.324 e. The van der Waals surface area contributed by atoms with Crippen LogP contribution in [0.3, 0.4) is 0 Å². The number of hydrogen-bond acceptors (Lipinski definition) is 5. The molecule has 0 atom stereocenters. The molecule has 0 saturated carbocycles. The van der Waals surface area contributed by atoms with Crippen LogP contribution >= 0.6 is 11.3 Å². The van der Waals surface area contributed by atoms with E-state index in [1.165, 1.54) is 4.80 Å². The number of fused-ring (bicyclic) bond motifs is 1. The van der Waals surface area contributed by atoms with Crippen molar-refractivity contribution in [2.75, 3.05) is 5.32 Å². The molecule has 3 aromatic rings. The quantitative estimate of drug-likeness (QED) is 0.798. The van der Waals surface area contributed by atoms with E-state index < -0.39 is 0 Å². The van der Waals surface area contributed by atoms with Crippen LogP contribution in [-0.2, 0) is 18.3 Å². The van der Waals surface area contributed by atoms with E-state index in [4.69, 9.17) is 0 Å². The first-order valence-corrected chi connectivity index (χ1v) is 7.01. The molecule has 0 bridgehead atoms. The summed E-state index contributed by atoms with van der Waals surface area (Å²) in [6, 6.07) is 5.53. The van der Waals surface area contributed by atoms with Crippen LogP contribution in [0.2, 0.25) is 0 Å². The van der Waals surface area contributed by atoms with Gasteiger partial charge in [-0.3, -0.25) is 4.79 Å². The number of hydrogen-bond donors (Lipinski definition) is 1. The van der Waals surface area contributed by atoms with Gasteiger partial charge in [-0.05, 0) is 19.1 Å². The lowest BCUT2D eigenvalue weighted by Crippen LogP contribution is -2.14. The van der Waals surface area contributed by atoms with Crippen molar-refractivity contribution in [2.24, 2.45) is 7.05 Å². The normalized spacial score (nSPS) is 10.9. The van der Waals surface area contributed by atoms with E-state index >= 15 is 0 Å². The Bertz CT molecular complexity index is 776.